The molecular formula is C16H20BrNO2. The molecular weight excluding hydrogens is 318 g/mol. The zero-order chi connectivity index (χ0) is 15.1. The molecule has 0 saturated carbocycles. The van der Waals surface area contributed by atoms with Crippen molar-refractivity contribution in [1.29, 1.82) is 0 Å². The predicted molar refractivity (Wildman–Crippen MR) is 84.7 cm³/mol. The van der Waals surface area contributed by atoms with Gasteiger partial charge in [0.2, 0.25) is 5.91 Å². The van der Waals surface area contributed by atoms with Crippen LogP contribution in [0.4, 0.5) is 5.69 Å². The number of nitrogens with zero attached hydrogens (tertiary/aromatic N) is 1. The normalized spacial score (nSPS) is 18.1. The van der Waals surface area contributed by atoms with Crippen LogP contribution in [0, 0.1) is 0 Å². The Morgan fingerprint density at radius 2 is 2.05 bits per heavy atom. The molecule has 4 heteroatoms. The molecule has 0 aliphatic carbocycles. The molecule has 0 fully saturated rings. The van der Waals surface area contributed by atoms with Gasteiger partial charge < -0.3 is 4.90 Å². The smallest absolute Gasteiger partial charge is 0.226 e. The van der Waals surface area contributed by atoms with Crippen LogP contribution in [0.2, 0.25) is 0 Å². The molecule has 1 aliphatic heterocycles. The fourth-order valence-electron chi connectivity index (χ4n) is 2.67. The Labute approximate surface area is 128 Å². The minimum Gasteiger partial charge on any atom is -0.309 e. The maximum absolute atomic E-state index is 12.3. The molecule has 1 aromatic rings. The second-order valence-electron chi connectivity index (χ2n) is 5.82. The minimum absolute atomic E-state index is 0.0632. The number of benzene rings is 1. The number of fused-ring (bicyclic) bond motifs is 1. The zero-order valence-corrected chi connectivity index (χ0v) is 14.0. The highest BCUT2D eigenvalue weighted by molar-refractivity contribution is 9.10. The van der Waals surface area contributed by atoms with Crippen LogP contribution < -0.4 is 4.90 Å². The first-order valence-corrected chi connectivity index (χ1v) is 7.73. The molecule has 0 aromatic heterocycles. The van der Waals surface area contributed by atoms with Crippen LogP contribution in [0.15, 0.2) is 18.2 Å². The van der Waals surface area contributed by atoms with Crippen LogP contribution in [0.1, 0.15) is 50.0 Å². The van der Waals surface area contributed by atoms with Crippen LogP contribution in [0.25, 0.3) is 0 Å². The number of carbonyl (C=O) groups is 2. The molecule has 1 aliphatic rings. The Bertz CT molecular complexity index is 560. The number of amides is 1. The van der Waals surface area contributed by atoms with Crippen LogP contribution >= 0.6 is 15.9 Å². The highest BCUT2D eigenvalue weighted by Gasteiger charge is 2.32. The van der Waals surface area contributed by atoms with Gasteiger partial charge in [-0.1, -0.05) is 22.9 Å². The summed E-state index contributed by atoms with van der Waals surface area (Å²) < 4.78 is -0.565. The maximum Gasteiger partial charge on any atom is 0.226 e. The fraction of sp³-hybridized carbons (Fsp3) is 0.500. The number of halogens is 1. The van der Waals surface area contributed by atoms with E-state index in [1.807, 2.05) is 50.8 Å². The summed E-state index contributed by atoms with van der Waals surface area (Å²) in [5, 5.41) is 0. The highest BCUT2D eigenvalue weighted by atomic mass is 79.9. The van der Waals surface area contributed by atoms with Crippen molar-refractivity contribution in [3.05, 3.63) is 29.3 Å². The Morgan fingerprint density at radius 1 is 1.40 bits per heavy atom. The predicted octanol–water partition coefficient (Wildman–Crippen LogP) is 3.73. The molecule has 108 valence electrons. The van der Waals surface area contributed by atoms with Gasteiger partial charge in [0.05, 0.1) is 4.32 Å². The third kappa shape index (κ3) is 2.66. The first-order valence-electron chi connectivity index (χ1n) is 6.94. The fourth-order valence-corrected chi connectivity index (χ4v) is 2.89. The summed E-state index contributed by atoms with van der Waals surface area (Å²) in [6, 6.07) is 5.82. The molecule has 1 amide bonds. The van der Waals surface area contributed by atoms with E-state index in [4.69, 9.17) is 0 Å². The van der Waals surface area contributed by atoms with Gasteiger partial charge in [-0.3, -0.25) is 9.59 Å². The van der Waals surface area contributed by atoms with Crippen LogP contribution in [0.5, 0.6) is 0 Å². The van der Waals surface area contributed by atoms with Gasteiger partial charge in [-0.25, -0.2) is 0 Å². The molecule has 3 nitrogen and oxygen atoms in total. The SMILES string of the molecule is CCC(=O)N1c2ccc(C(=O)C(C)(C)Br)cc2CC1C. The van der Waals surface area contributed by atoms with E-state index in [1.54, 1.807) is 0 Å². The lowest BCUT2D eigenvalue weighted by Gasteiger charge is -2.22. The van der Waals surface area contributed by atoms with Crippen LogP contribution in [0.3, 0.4) is 0 Å². The molecule has 1 heterocycles. The molecule has 0 bridgehead atoms. The summed E-state index contributed by atoms with van der Waals surface area (Å²) in [6.45, 7) is 7.61. The summed E-state index contributed by atoms with van der Waals surface area (Å²) in [4.78, 5) is 26.2. The Hall–Kier alpha value is -1.16. The monoisotopic (exact) mass is 337 g/mol. The number of Topliss-reactive ketones (excluding diaryl/α,β-unsaturated/α-hetero) is 1. The second-order valence-corrected chi connectivity index (χ2v) is 7.80. The third-order valence-corrected chi connectivity index (χ3v) is 4.03. The van der Waals surface area contributed by atoms with E-state index < -0.39 is 4.32 Å². The number of anilines is 1. The molecule has 2 rings (SSSR count). The maximum atomic E-state index is 12.3. The summed E-state index contributed by atoms with van der Waals surface area (Å²) in [5.74, 6) is 0.198. The number of rotatable bonds is 3. The van der Waals surface area contributed by atoms with Crippen molar-refractivity contribution in [3.63, 3.8) is 0 Å². The van der Waals surface area contributed by atoms with E-state index in [1.165, 1.54) is 0 Å². The first-order chi connectivity index (χ1) is 9.25. The van der Waals surface area contributed by atoms with E-state index >= 15 is 0 Å². The molecule has 0 saturated heterocycles. The first kappa shape index (κ1) is 15.2. The van der Waals surface area contributed by atoms with Gasteiger partial charge in [0.25, 0.3) is 0 Å². The largest absolute Gasteiger partial charge is 0.309 e. The Morgan fingerprint density at radius 3 is 2.60 bits per heavy atom. The van der Waals surface area contributed by atoms with Crippen molar-refractivity contribution < 1.29 is 9.59 Å². The summed E-state index contributed by atoms with van der Waals surface area (Å²) in [6.07, 6.45) is 1.31. The molecule has 20 heavy (non-hydrogen) atoms. The average molecular weight is 338 g/mol. The summed E-state index contributed by atoms with van der Waals surface area (Å²) >= 11 is 3.41. The number of ketones is 1. The standard InChI is InChI=1S/C16H20BrNO2/c1-5-14(19)18-10(2)8-12-9-11(6-7-13(12)18)15(20)16(3,4)17/h6-7,9-10H,5,8H2,1-4H3. The lowest BCUT2D eigenvalue weighted by molar-refractivity contribution is -0.118. The van der Waals surface area contributed by atoms with Gasteiger partial charge in [-0.05, 0) is 51.0 Å². The number of carbonyl (C=O) groups excluding carboxylic acids is 2. The summed E-state index contributed by atoms with van der Waals surface area (Å²) in [7, 11) is 0. The molecule has 0 spiro atoms. The zero-order valence-electron chi connectivity index (χ0n) is 12.4. The van der Waals surface area contributed by atoms with Gasteiger partial charge in [-0.2, -0.15) is 0 Å². The Kier molecular flexibility index (Phi) is 4.05. The topological polar surface area (TPSA) is 37.4 Å². The van der Waals surface area contributed by atoms with Crippen LogP contribution in [-0.4, -0.2) is 22.1 Å². The molecule has 0 radical (unpaired) electrons. The lowest BCUT2D eigenvalue weighted by atomic mass is 9.98. The summed E-state index contributed by atoms with van der Waals surface area (Å²) in [5.41, 5.74) is 2.74. The quantitative estimate of drug-likeness (QED) is 0.622. The molecule has 0 N–H and O–H groups in total. The van der Waals surface area contributed by atoms with Gasteiger partial charge in [-0.15, -0.1) is 0 Å². The lowest BCUT2D eigenvalue weighted by Crippen LogP contribution is -2.35. The van der Waals surface area contributed by atoms with E-state index in [-0.39, 0.29) is 17.7 Å². The Balaban J connectivity index is 2.39. The van der Waals surface area contributed by atoms with Crippen molar-refractivity contribution in [3.8, 4) is 0 Å². The van der Waals surface area contributed by atoms with Crippen molar-refractivity contribution in [1.82, 2.24) is 0 Å². The minimum atomic E-state index is -0.565. The van der Waals surface area contributed by atoms with Gasteiger partial charge >= 0.3 is 0 Å². The van der Waals surface area contributed by atoms with Crippen LogP contribution in [-0.2, 0) is 11.2 Å². The van der Waals surface area contributed by atoms with Gasteiger partial charge in [0, 0.05) is 23.7 Å². The number of hydrogen-bond acceptors (Lipinski definition) is 2. The van der Waals surface area contributed by atoms with Crippen molar-refractivity contribution in [2.45, 2.75) is 50.9 Å². The average Bonchev–Trinajstić information content (AvgIpc) is 2.70. The van der Waals surface area contributed by atoms with Gasteiger partial charge in [0.1, 0.15) is 0 Å². The number of alkyl halides is 1. The molecule has 1 aromatic carbocycles. The van der Waals surface area contributed by atoms with E-state index in [9.17, 15) is 9.59 Å². The van der Waals surface area contributed by atoms with E-state index in [0.29, 0.717) is 12.0 Å². The van der Waals surface area contributed by atoms with Crippen molar-refractivity contribution in [2.75, 3.05) is 4.90 Å². The van der Waals surface area contributed by atoms with Crippen molar-refractivity contribution in [2.24, 2.45) is 0 Å². The molecule has 1 unspecified atom stereocenters. The number of hydrogen-bond donors (Lipinski definition) is 0. The third-order valence-electron chi connectivity index (χ3n) is 3.67. The van der Waals surface area contributed by atoms with Crippen molar-refractivity contribution >= 4 is 33.3 Å². The second kappa shape index (κ2) is 5.32. The highest BCUT2D eigenvalue weighted by Crippen LogP contribution is 2.34. The van der Waals surface area contributed by atoms with E-state index in [0.717, 1.165) is 17.7 Å². The molecule has 1 atom stereocenters. The van der Waals surface area contributed by atoms with Gasteiger partial charge in [0.15, 0.2) is 5.78 Å². The van der Waals surface area contributed by atoms with E-state index in [2.05, 4.69) is 15.9 Å².